The third-order valence-electron chi connectivity index (χ3n) is 10.2. The first-order valence-electron chi connectivity index (χ1n) is 18.8. The topological polar surface area (TPSA) is 46.8 Å². The van der Waals surface area contributed by atoms with Crippen LogP contribution in [0, 0.1) is 0 Å². The fourth-order valence-corrected chi connectivity index (χ4v) is 7.55. The van der Waals surface area contributed by atoms with E-state index >= 15 is 0 Å². The predicted octanol–water partition coefficient (Wildman–Crippen LogP) is 13.1. The molecule has 10 rings (SSSR count). The van der Waals surface area contributed by atoms with E-state index in [0.717, 1.165) is 72.2 Å². The molecule has 2 aromatic heterocycles. The molecular weight excluding hydrogens is 683 g/mol. The van der Waals surface area contributed by atoms with Gasteiger partial charge in [-0.3, -0.25) is 4.57 Å². The number of anilines is 3. The van der Waals surface area contributed by atoms with Gasteiger partial charge in [0, 0.05) is 39.0 Å². The lowest BCUT2D eigenvalue weighted by atomic mass is 10.0. The van der Waals surface area contributed by atoms with Gasteiger partial charge >= 0.3 is 0 Å². The third kappa shape index (κ3) is 6.17. The van der Waals surface area contributed by atoms with Gasteiger partial charge in [-0.15, -0.1) is 0 Å². The Balaban J connectivity index is 1.09. The SMILES string of the molecule is c1ccc(-c2ccc3c4ccccc4n(-c4nc(-c5ccccc5)nc(-c5cccc(-c6ccc(N(c7ccccc7)c7ccccc7)cc6)c5)n4)c3c2)cc1. The molecule has 0 saturated carbocycles. The molecule has 0 atom stereocenters. The van der Waals surface area contributed by atoms with E-state index < -0.39 is 0 Å². The van der Waals surface area contributed by atoms with Gasteiger partial charge in [0.1, 0.15) is 0 Å². The quantitative estimate of drug-likeness (QED) is 0.157. The van der Waals surface area contributed by atoms with Crippen LogP contribution in [0.25, 0.3) is 72.8 Å². The number of fused-ring (bicyclic) bond motifs is 3. The summed E-state index contributed by atoms with van der Waals surface area (Å²) in [5.74, 6) is 1.80. The molecule has 2 heterocycles. The van der Waals surface area contributed by atoms with Gasteiger partial charge in [-0.25, -0.2) is 4.98 Å². The fraction of sp³-hybridized carbons (Fsp3) is 0. The van der Waals surface area contributed by atoms with Crippen molar-refractivity contribution in [2.75, 3.05) is 4.90 Å². The smallest absolute Gasteiger partial charge is 0.238 e. The summed E-state index contributed by atoms with van der Waals surface area (Å²) < 4.78 is 2.18. The lowest BCUT2D eigenvalue weighted by Gasteiger charge is -2.25. The molecule has 5 nitrogen and oxygen atoms in total. The van der Waals surface area contributed by atoms with Gasteiger partial charge in [0.25, 0.3) is 0 Å². The second-order valence-corrected chi connectivity index (χ2v) is 13.7. The van der Waals surface area contributed by atoms with Gasteiger partial charge in [-0.05, 0) is 76.9 Å². The maximum absolute atomic E-state index is 5.25. The Morgan fingerprint density at radius 3 is 1.45 bits per heavy atom. The van der Waals surface area contributed by atoms with Gasteiger partial charge in [0.2, 0.25) is 5.95 Å². The molecule has 56 heavy (non-hydrogen) atoms. The summed E-state index contributed by atoms with van der Waals surface area (Å²) in [6.07, 6.45) is 0. The first-order valence-corrected chi connectivity index (χ1v) is 18.8. The summed E-state index contributed by atoms with van der Waals surface area (Å²) in [6, 6.07) is 73.9. The molecule has 0 fully saturated rings. The Morgan fingerprint density at radius 1 is 0.304 bits per heavy atom. The van der Waals surface area contributed by atoms with Crippen LogP contribution < -0.4 is 4.90 Å². The summed E-state index contributed by atoms with van der Waals surface area (Å²) in [7, 11) is 0. The average molecular weight is 718 g/mol. The highest BCUT2D eigenvalue weighted by Crippen LogP contribution is 2.37. The number of nitrogens with zero attached hydrogens (tertiary/aromatic N) is 5. The first kappa shape index (κ1) is 33.0. The maximum Gasteiger partial charge on any atom is 0.238 e. The first-order chi connectivity index (χ1) is 27.8. The van der Waals surface area contributed by atoms with Crippen LogP contribution in [-0.2, 0) is 0 Å². The van der Waals surface area contributed by atoms with Gasteiger partial charge in [0.05, 0.1) is 11.0 Å². The Kier molecular flexibility index (Phi) is 8.43. The number of aromatic nitrogens is 4. The zero-order valence-electron chi connectivity index (χ0n) is 30.4. The Bertz CT molecular complexity index is 2900. The Hall–Kier alpha value is -7.63. The van der Waals surface area contributed by atoms with Crippen molar-refractivity contribution in [1.29, 1.82) is 0 Å². The van der Waals surface area contributed by atoms with Crippen LogP contribution >= 0.6 is 0 Å². The molecule has 0 N–H and O–H groups in total. The Morgan fingerprint density at radius 2 is 0.768 bits per heavy atom. The molecule has 0 amide bonds. The van der Waals surface area contributed by atoms with Crippen molar-refractivity contribution in [3.05, 3.63) is 212 Å². The van der Waals surface area contributed by atoms with Gasteiger partial charge in [0.15, 0.2) is 11.6 Å². The minimum Gasteiger partial charge on any atom is -0.311 e. The number of rotatable bonds is 8. The van der Waals surface area contributed by atoms with E-state index in [4.69, 9.17) is 15.0 Å². The zero-order valence-corrected chi connectivity index (χ0v) is 30.4. The summed E-state index contributed by atoms with van der Waals surface area (Å²) in [4.78, 5) is 17.8. The average Bonchev–Trinajstić information content (AvgIpc) is 3.62. The van der Waals surface area contributed by atoms with E-state index in [1.54, 1.807) is 0 Å². The van der Waals surface area contributed by atoms with Crippen molar-refractivity contribution < 1.29 is 0 Å². The molecular formula is C51H35N5. The van der Waals surface area contributed by atoms with Crippen LogP contribution in [-0.4, -0.2) is 19.5 Å². The summed E-state index contributed by atoms with van der Waals surface area (Å²) in [5.41, 5.74) is 11.7. The summed E-state index contributed by atoms with van der Waals surface area (Å²) >= 11 is 0. The molecule has 264 valence electrons. The van der Waals surface area contributed by atoms with Crippen molar-refractivity contribution in [2.24, 2.45) is 0 Å². The van der Waals surface area contributed by atoms with Crippen molar-refractivity contribution in [3.63, 3.8) is 0 Å². The van der Waals surface area contributed by atoms with Crippen molar-refractivity contribution in [3.8, 4) is 51.0 Å². The van der Waals surface area contributed by atoms with E-state index in [-0.39, 0.29) is 0 Å². The van der Waals surface area contributed by atoms with Gasteiger partial charge in [-0.2, -0.15) is 9.97 Å². The normalized spacial score (nSPS) is 11.2. The van der Waals surface area contributed by atoms with Crippen LogP contribution in [0.5, 0.6) is 0 Å². The molecule has 8 aromatic carbocycles. The monoisotopic (exact) mass is 717 g/mol. The van der Waals surface area contributed by atoms with E-state index in [9.17, 15) is 0 Å². The minimum atomic E-state index is 0.571. The van der Waals surface area contributed by atoms with Crippen molar-refractivity contribution in [1.82, 2.24) is 19.5 Å². The molecule has 0 aliphatic carbocycles. The van der Waals surface area contributed by atoms with Crippen molar-refractivity contribution in [2.45, 2.75) is 0 Å². The van der Waals surface area contributed by atoms with Gasteiger partial charge in [-0.1, -0.05) is 158 Å². The highest BCUT2D eigenvalue weighted by molar-refractivity contribution is 6.10. The van der Waals surface area contributed by atoms with E-state index in [0.29, 0.717) is 17.6 Å². The number of benzene rings is 8. The third-order valence-corrected chi connectivity index (χ3v) is 10.2. The highest BCUT2D eigenvalue weighted by Gasteiger charge is 2.19. The number of hydrogen-bond donors (Lipinski definition) is 0. The molecule has 0 aliphatic rings. The Labute approximate surface area is 325 Å². The summed E-state index contributed by atoms with van der Waals surface area (Å²) in [5, 5.41) is 2.29. The second-order valence-electron chi connectivity index (χ2n) is 13.7. The molecule has 0 saturated heterocycles. The molecule has 0 bridgehead atoms. The fourth-order valence-electron chi connectivity index (χ4n) is 7.55. The summed E-state index contributed by atoms with van der Waals surface area (Å²) in [6.45, 7) is 0. The largest absolute Gasteiger partial charge is 0.311 e. The second kappa shape index (κ2) is 14.3. The van der Waals surface area contributed by atoms with Crippen LogP contribution in [0.3, 0.4) is 0 Å². The van der Waals surface area contributed by atoms with Gasteiger partial charge < -0.3 is 4.90 Å². The maximum atomic E-state index is 5.25. The van der Waals surface area contributed by atoms with Crippen LogP contribution in [0.1, 0.15) is 0 Å². The highest BCUT2D eigenvalue weighted by atomic mass is 15.2. The van der Waals surface area contributed by atoms with Crippen LogP contribution in [0.15, 0.2) is 212 Å². The molecule has 0 spiro atoms. The number of hydrogen-bond acceptors (Lipinski definition) is 4. The lowest BCUT2D eigenvalue weighted by Crippen LogP contribution is -2.09. The van der Waals surface area contributed by atoms with E-state index in [2.05, 4.69) is 185 Å². The molecule has 0 radical (unpaired) electrons. The molecule has 10 aromatic rings. The molecule has 5 heteroatoms. The predicted molar refractivity (Wildman–Crippen MR) is 231 cm³/mol. The van der Waals surface area contributed by atoms with Crippen LogP contribution in [0.2, 0.25) is 0 Å². The zero-order chi connectivity index (χ0) is 37.3. The van der Waals surface area contributed by atoms with Crippen molar-refractivity contribution >= 4 is 38.9 Å². The van der Waals surface area contributed by atoms with Crippen LogP contribution in [0.4, 0.5) is 17.1 Å². The molecule has 0 aliphatic heterocycles. The number of para-hydroxylation sites is 3. The minimum absolute atomic E-state index is 0.571. The molecule has 0 unspecified atom stereocenters. The lowest BCUT2D eigenvalue weighted by molar-refractivity contribution is 0.953. The van der Waals surface area contributed by atoms with E-state index in [1.807, 2.05) is 36.4 Å². The van der Waals surface area contributed by atoms with E-state index in [1.165, 1.54) is 0 Å². The standard InChI is InChI=1S/C51H35N5/c1-5-16-36(17-6-1)40-30-33-46-45-26-13-14-27-47(45)56(48(46)35-40)51-53-49(38-18-7-2-8-19-38)52-50(54-51)41-21-15-20-39(34-41)37-28-31-44(32-29-37)55(42-22-9-3-10-23-42)43-24-11-4-12-25-43/h1-35H.